The first-order chi connectivity index (χ1) is 9.65. The Bertz CT molecular complexity index is 567. The molecule has 0 saturated heterocycles. The van der Waals surface area contributed by atoms with Crippen molar-refractivity contribution >= 4 is 11.4 Å². The maximum absolute atomic E-state index is 14.2. The molecule has 2 aromatic rings. The highest BCUT2D eigenvalue weighted by molar-refractivity contribution is 5.64. The Morgan fingerprint density at radius 2 is 1.75 bits per heavy atom. The van der Waals surface area contributed by atoms with E-state index in [1.54, 1.807) is 18.2 Å². The third-order valence-corrected chi connectivity index (χ3v) is 3.14. The molecule has 0 aliphatic heterocycles. The Morgan fingerprint density at radius 3 is 2.30 bits per heavy atom. The van der Waals surface area contributed by atoms with Crippen molar-refractivity contribution < 1.29 is 8.78 Å². The number of hydrogen-bond acceptors (Lipinski definition) is 2. The van der Waals surface area contributed by atoms with Crippen LogP contribution in [0, 0.1) is 11.6 Å². The Morgan fingerprint density at radius 1 is 1.05 bits per heavy atom. The molecule has 106 valence electrons. The van der Waals surface area contributed by atoms with E-state index < -0.39 is 0 Å². The molecule has 0 spiro atoms. The second-order valence-corrected chi connectivity index (χ2v) is 4.54. The Balaban J connectivity index is 2.34. The zero-order valence-electron chi connectivity index (χ0n) is 11.7. The molecule has 2 aromatic carbocycles. The van der Waals surface area contributed by atoms with Gasteiger partial charge in [0.2, 0.25) is 0 Å². The zero-order chi connectivity index (χ0) is 14.5. The summed E-state index contributed by atoms with van der Waals surface area (Å²) in [6.07, 6.45) is 0. The van der Waals surface area contributed by atoms with Crippen LogP contribution in [-0.4, -0.2) is 13.6 Å². The van der Waals surface area contributed by atoms with Crippen molar-refractivity contribution in [2.75, 3.05) is 18.5 Å². The molecule has 0 saturated carbocycles. The summed E-state index contributed by atoms with van der Waals surface area (Å²) >= 11 is 0. The van der Waals surface area contributed by atoms with Crippen LogP contribution in [0.5, 0.6) is 0 Å². The third kappa shape index (κ3) is 3.14. The number of benzene rings is 2. The van der Waals surface area contributed by atoms with E-state index in [9.17, 15) is 8.78 Å². The molecule has 0 fully saturated rings. The van der Waals surface area contributed by atoms with Crippen LogP contribution in [-0.2, 0) is 6.54 Å². The van der Waals surface area contributed by atoms with Gasteiger partial charge < -0.3 is 10.2 Å². The van der Waals surface area contributed by atoms with Crippen molar-refractivity contribution in [2.45, 2.75) is 13.5 Å². The predicted octanol–water partition coefficient (Wildman–Crippen LogP) is 3.84. The average Bonchev–Trinajstić information content (AvgIpc) is 2.44. The van der Waals surface area contributed by atoms with Gasteiger partial charge in [0.25, 0.3) is 0 Å². The summed E-state index contributed by atoms with van der Waals surface area (Å²) in [4.78, 5) is 1.82. The van der Waals surface area contributed by atoms with Gasteiger partial charge >= 0.3 is 0 Å². The van der Waals surface area contributed by atoms with Crippen LogP contribution >= 0.6 is 0 Å². The minimum absolute atomic E-state index is 0.274. The monoisotopic (exact) mass is 276 g/mol. The van der Waals surface area contributed by atoms with Gasteiger partial charge in [-0.2, -0.15) is 0 Å². The summed E-state index contributed by atoms with van der Waals surface area (Å²) < 4.78 is 27.2. The Hall–Kier alpha value is -1.94. The molecule has 0 heterocycles. The van der Waals surface area contributed by atoms with Gasteiger partial charge in [-0.25, -0.2) is 8.78 Å². The molecule has 0 atom stereocenters. The minimum Gasteiger partial charge on any atom is -0.339 e. The van der Waals surface area contributed by atoms with Crippen LogP contribution < -0.4 is 10.2 Å². The summed E-state index contributed by atoms with van der Waals surface area (Å²) in [5.41, 5.74) is 2.16. The first-order valence-electron chi connectivity index (χ1n) is 6.62. The lowest BCUT2D eigenvalue weighted by atomic mass is 10.1. The van der Waals surface area contributed by atoms with E-state index in [2.05, 4.69) is 5.32 Å². The number of anilines is 2. The van der Waals surface area contributed by atoms with E-state index in [1.165, 1.54) is 18.2 Å². The maximum atomic E-state index is 14.2. The van der Waals surface area contributed by atoms with Gasteiger partial charge in [-0.3, -0.25) is 0 Å². The molecule has 2 nitrogen and oxygen atoms in total. The molecule has 0 amide bonds. The fraction of sp³-hybridized carbons (Fsp3) is 0.250. The number of rotatable bonds is 5. The van der Waals surface area contributed by atoms with Crippen LogP contribution in [0.1, 0.15) is 12.5 Å². The van der Waals surface area contributed by atoms with Gasteiger partial charge in [0.1, 0.15) is 11.6 Å². The van der Waals surface area contributed by atoms with E-state index in [4.69, 9.17) is 0 Å². The normalized spacial score (nSPS) is 10.6. The van der Waals surface area contributed by atoms with Crippen molar-refractivity contribution in [3.05, 3.63) is 59.7 Å². The highest BCUT2D eigenvalue weighted by Crippen LogP contribution is 2.28. The summed E-state index contributed by atoms with van der Waals surface area (Å²) in [5.74, 6) is -0.571. The molecule has 0 aliphatic rings. The van der Waals surface area contributed by atoms with Crippen molar-refractivity contribution in [1.82, 2.24) is 5.32 Å². The van der Waals surface area contributed by atoms with Crippen molar-refractivity contribution in [1.29, 1.82) is 0 Å². The van der Waals surface area contributed by atoms with Crippen LogP contribution in [0.2, 0.25) is 0 Å². The average molecular weight is 276 g/mol. The Labute approximate surface area is 118 Å². The maximum Gasteiger partial charge on any atom is 0.147 e. The van der Waals surface area contributed by atoms with Gasteiger partial charge in [0.15, 0.2) is 0 Å². The van der Waals surface area contributed by atoms with Crippen molar-refractivity contribution in [3.63, 3.8) is 0 Å². The van der Waals surface area contributed by atoms with Crippen LogP contribution in [0.15, 0.2) is 42.5 Å². The van der Waals surface area contributed by atoms with Crippen molar-refractivity contribution in [3.8, 4) is 0 Å². The summed E-state index contributed by atoms with van der Waals surface area (Å²) in [6, 6.07) is 11.2. The summed E-state index contributed by atoms with van der Waals surface area (Å²) in [7, 11) is 1.82. The standard InChI is InChI=1S/C16H18F2N2/c1-3-20(14-7-5-13(17)6-8-14)16-9-4-12(11-19-2)10-15(16)18/h4-10,19H,3,11H2,1-2H3. The second kappa shape index (κ2) is 6.48. The quantitative estimate of drug-likeness (QED) is 0.892. The molecule has 0 aromatic heterocycles. The van der Waals surface area contributed by atoms with E-state index in [0.29, 0.717) is 18.8 Å². The number of halogens is 2. The lowest BCUT2D eigenvalue weighted by Gasteiger charge is -2.24. The molecular formula is C16H18F2N2. The molecule has 20 heavy (non-hydrogen) atoms. The van der Waals surface area contributed by atoms with E-state index in [1.807, 2.05) is 24.9 Å². The molecule has 0 bridgehead atoms. The topological polar surface area (TPSA) is 15.3 Å². The van der Waals surface area contributed by atoms with Gasteiger partial charge in [0, 0.05) is 18.8 Å². The highest BCUT2D eigenvalue weighted by Gasteiger charge is 2.12. The fourth-order valence-electron chi connectivity index (χ4n) is 2.20. The lowest BCUT2D eigenvalue weighted by Crippen LogP contribution is -2.17. The predicted molar refractivity (Wildman–Crippen MR) is 78.2 cm³/mol. The number of hydrogen-bond donors (Lipinski definition) is 1. The molecule has 2 rings (SSSR count). The minimum atomic E-state index is -0.297. The largest absolute Gasteiger partial charge is 0.339 e. The van der Waals surface area contributed by atoms with Gasteiger partial charge in [-0.05, 0) is 55.9 Å². The molecule has 0 unspecified atom stereocenters. The van der Waals surface area contributed by atoms with Crippen LogP contribution in [0.3, 0.4) is 0 Å². The van der Waals surface area contributed by atoms with Crippen LogP contribution in [0.4, 0.5) is 20.2 Å². The number of nitrogens with one attached hydrogen (secondary N) is 1. The zero-order valence-corrected chi connectivity index (χ0v) is 11.7. The van der Waals surface area contributed by atoms with Crippen molar-refractivity contribution in [2.24, 2.45) is 0 Å². The Kier molecular flexibility index (Phi) is 4.69. The summed E-state index contributed by atoms with van der Waals surface area (Å²) in [6.45, 7) is 3.16. The van der Waals surface area contributed by atoms with E-state index in [0.717, 1.165) is 11.3 Å². The molecule has 0 aliphatic carbocycles. The first-order valence-corrected chi connectivity index (χ1v) is 6.62. The van der Waals surface area contributed by atoms with Crippen LogP contribution in [0.25, 0.3) is 0 Å². The fourth-order valence-corrected chi connectivity index (χ4v) is 2.20. The van der Waals surface area contributed by atoms with E-state index in [-0.39, 0.29) is 11.6 Å². The molecular weight excluding hydrogens is 258 g/mol. The second-order valence-electron chi connectivity index (χ2n) is 4.54. The first kappa shape index (κ1) is 14.5. The molecule has 0 radical (unpaired) electrons. The highest BCUT2D eigenvalue weighted by atomic mass is 19.1. The SMILES string of the molecule is CCN(c1ccc(F)cc1)c1ccc(CNC)cc1F. The van der Waals surface area contributed by atoms with Gasteiger partial charge in [-0.15, -0.1) is 0 Å². The molecule has 1 N–H and O–H groups in total. The van der Waals surface area contributed by atoms with Gasteiger partial charge in [-0.1, -0.05) is 6.07 Å². The smallest absolute Gasteiger partial charge is 0.147 e. The lowest BCUT2D eigenvalue weighted by molar-refractivity contribution is 0.621. The third-order valence-electron chi connectivity index (χ3n) is 3.14. The van der Waals surface area contributed by atoms with E-state index >= 15 is 0 Å². The number of nitrogens with zero attached hydrogens (tertiary/aromatic N) is 1. The molecule has 4 heteroatoms. The van der Waals surface area contributed by atoms with Gasteiger partial charge in [0.05, 0.1) is 5.69 Å². The summed E-state index contributed by atoms with van der Waals surface area (Å²) in [5, 5.41) is 2.99.